The standard InChI is InChI=1S/C25H25N9O/c26-13-16-6-11-22(28-14-16)32-25(35)21-15-29-24-20(30-18-4-2-1-3-5-18)12-23(33-34(21)24)31-19-9-7-17(27)8-10-19/h1-6,11-12,14-15,17,19,30H,7-10,27H2,(H,31,33)(H,28,32,35)/t17-,19-. The van der Waals surface area contributed by atoms with Crippen LogP contribution < -0.4 is 21.7 Å². The van der Waals surface area contributed by atoms with E-state index < -0.39 is 5.91 Å². The second-order valence-electron chi connectivity index (χ2n) is 8.57. The Bertz CT molecular complexity index is 1370. The largest absolute Gasteiger partial charge is 0.366 e. The first kappa shape index (κ1) is 22.3. The number of rotatable bonds is 6. The summed E-state index contributed by atoms with van der Waals surface area (Å²) in [5.74, 6) is 0.563. The maximum atomic E-state index is 13.1. The van der Waals surface area contributed by atoms with Crippen LogP contribution in [-0.2, 0) is 0 Å². The van der Waals surface area contributed by atoms with E-state index in [1.165, 1.54) is 16.9 Å². The van der Waals surface area contributed by atoms with Gasteiger partial charge in [0.25, 0.3) is 5.91 Å². The zero-order valence-electron chi connectivity index (χ0n) is 19.0. The van der Waals surface area contributed by atoms with Gasteiger partial charge in [0.15, 0.2) is 11.3 Å². The smallest absolute Gasteiger partial charge is 0.277 e. The Kier molecular flexibility index (Phi) is 6.24. The van der Waals surface area contributed by atoms with Crippen LogP contribution in [0.2, 0.25) is 0 Å². The van der Waals surface area contributed by atoms with Crippen molar-refractivity contribution in [3.63, 3.8) is 0 Å². The number of nitrogens with two attached hydrogens (primary N) is 1. The number of fused-ring (bicyclic) bond motifs is 1. The lowest BCUT2D eigenvalue weighted by molar-refractivity contribution is 0.102. The van der Waals surface area contributed by atoms with Crippen molar-refractivity contribution in [2.45, 2.75) is 37.8 Å². The monoisotopic (exact) mass is 467 g/mol. The third kappa shape index (κ3) is 5.05. The number of hydrogen-bond donors (Lipinski definition) is 4. The molecule has 5 N–H and O–H groups in total. The van der Waals surface area contributed by atoms with E-state index in [4.69, 9.17) is 11.0 Å². The minimum atomic E-state index is -0.409. The molecule has 1 amide bonds. The highest BCUT2D eigenvalue weighted by Crippen LogP contribution is 2.27. The van der Waals surface area contributed by atoms with E-state index in [1.807, 2.05) is 42.5 Å². The number of benzene rings is 1. The predicted molar refractivity (Wildman–Crippen MR) is 133 cm³/mol. The summed E-state index contributed by atoms with van der Waals surface area (Å²) in [6.07, 6.45) is 6.74. The summed E-state index contributed by atoms with van der Waals surface area (Å²) >= 11 is 0. The molecule has 0 saturated heterocycles. The van der Waals surface area contributed by atoms with E-state index in [2.05, 4.69) is 31.0 Å². The molecule has 1 saturated carbocycles. The number of para-hydroxylation sites is 1. The summed E-state index contributed by atoms with van der Waals surface area (Å²) in [4.78, 5) is 21.7. The van der Waals surface area contributed by atoms with Crippen molar-refractivity contribution >= 4 is 34.6 Å². The lowest BCUT2D eigenvalue weighted by atomic mass is 9.92. The van der Waals surface area contributed by atoms with Gasteiger partial charge in [-0.05, 0) is 49.9 Å². The van der Waals surface area contributed by atoms with E-state index in [0.717, 1.165) is 37.1 Å². The Hall–Kier alpha value is -4.49. The van der Waals surface area contributed by atoms with Crippen molar-refractivity contribution in [2.24, 2.45) is 5.73 Å². The highest BCUT2D eigenvalue weighted by molar-refractivity contribution is 6.03. The second-order valence-corrected chi connectivity index (χ2v) is 8.57. The highest BCUT2D eigenvalue weighted by atomic mass is 16.2. The average Bonchev–Trinajstić information content (AvgIpc) is 3.31. The fraction of sp³-hybridized carbons (Fsp3) is 0.240. The molecule has 1 aliphatic rings. The van der Waals surface area contributed by atoms with Crippen LogP contribution in [0, 0.1) is 11.3 Å². The molecule has 4 aromatic rings. The number of hydrogen-bond acceptors (Lipinski definition) is 8. The van der Waals surface area contributed by atoms with Crippen molar-refractivity contribution in [1.82, 2.24) is 19.6 Å². The quantitative estimate of drug-likeness (QED) is 0.336. The van der Waals surface area contributed by atoms with Gasteiger partial charge in [0, 0.05) is 30.0 Å². The first-order valence-corrected chi connectivity index (χ1v) is 11.5. The van der Waals surface area contributed by atoms with E-state index >= 15 is 0 Å². The molecule has 10 heteroatoms. The minimum Gasteiger partial charge on any atom is -0.366 e. The van der Waals surface area contributed by atoms with E-state index in [1.54, 1.807) is 12.1 Å². The van der Waals surface area contributed by atoms with Gasteiger partial charge in [-0.15, -0.1) is 5.10 Å². The molecule has 3 aromatic heterocycles. The number of nitrogens with zero attached hydrogens (tertiary/aromatic N) is 5. The van der Waals surface area contributed by atoms with E-state index in [-0.39, 0.29) is 17.8 Å². The van der Waals surface area contributed by atoms with Crippen LogP contribution in [0.4, 0.5) is 23.0 Å². The van der Waals surface area contributed by atoms with E-state index in [0.29, 0.717) is 22.8 Å². The van der Waals surface area contributed by atoms with Crippen LogP contribution in [0.3, 0.4) is 0 Å². The van der Waals surface area contributed by atoms with Gasteiger partial charge >= 0.3 is 0 Å². The number of aromatic nitrogens is 4. The van der Waals surface area contributed by atoms with Crippen molar-refractivity contribution in [2.75, 3.05) is 16.0 Å². The number of carbonyl (C=O) groups excluding carboxylic acids is 1. The Balaban J connectivity index is 1.47. The Labute approximate surface area is 202 Å². The Morgan fingerprint density at radius 1 is 1.03 bits per heavy atom. The summed E-state index contributed by atoms with van der Waals surface area (Å²) in [6.45, 7) is 0. The molecule has 10 nitrogen and oxygen atoms in total. The number of pyridine rings is 1. The van der Waals surface area contributed by atoms with Gasteiger partial charge in [-0.2, -0.15) is 5.26 Å². The Morgan fingerprint density at radius 2 is 1.83 bits per heavy atom. The van der Waals surface area contributed by atoms with Gasteiger partial charge in [-0.1, -0.05) is 18.2 Å². The van der Waals surface area contributed by atoms with Crippen LogP contribution in [0.15, 0.2) is 60.9 Å². The number of nitriles is 1. The van der Waals surface area contributed by atoms with Crippen molar-refractivity contribution in [1.29, 1.82) is 5.26 Å². The van der Waals surface area contributed by atoms with Gasteiger partial charge < -0.3 is 21.7 Å². The molecule has 0 atom stereocenters. The zero-order valence-corrected chi connectivity index (χ0v) is 19.0. The normalized spacial score (nSPS) is 17.5. The van der Waals surface area contributed by atoms with Crippen LogP contribution >= 0.6 is 0 Å². The molecular formula is C25H25N9O. The third-order valence-electron chi connectivity index (χ3n) is 6.01. The lowest BCUT2D eigenvalue weighted by Crippen LogP contribution is -2.33. The molecule has 0 radical (unpaired) electrons. The van der Waals surface area contributed by atoms with Gasteiger partial charge in [0.1, 0.15) is 17.7 Å². The van der Waals surface area contributed by atoms with Gasteiger partial charge in [-0.25, -0.2) is 14.5 Å². The highest BCUT2D eigenvalue weighted by Gasteiger charge is 2.21. The van der Waals surface area contributed by atoms with Crippen LogP contribution in [0.5, 0.6) is 0 Å². The van der Waals surface area contributed by atoms with Crippen LogP contribution in [0.25, 0.3) is 5.65 Å². The van der Waals surface area contributed by atoms with E-state index in [9.17, 15) is 4.79 Å². The summed E-state index contributed by atoms with van der Waals surface area (Å²) in [5.41, 5.74) is 8.87. The number of anilines is 4. The number of nitrogens with one attached hydrogen (secondary N) is 3. The summed E-state index contributed by atoms with van der Waals surface area (Å²) < 4.78 is 1.53. The van der Waals surface area contributed by atoms with Crippen molar-refractivity contribution in [3.05, 3.63) is 72.2 Å². The summed E-state index contributed by atoms with van der Waals surface area (Å²) in [5, 5.41) is 23.3. The number of imidazole rings is 1. The minimum absolute atomic E-state index is 0.249. The van der Waals surface area contributed by atoms with Crippen LogP contribution in [0.1, 0.15) is 41.7 Å². The van der Waals surface area contributed by atoms with Gasteiger partial charge in [-0.3, -0.25) is 4.79 Å². The molecule has 1 aliphatic carbocycles. The zero-order chi connectivity index (χ0) is 24.2. The molecule has 5 rings (SSSR count). The van der Waals surface area contributed by atoms with Crippen LogP contribution in [-0.4, -0.2) is 37.6 Å². The first-order chi connectivity index (χ1) is 17.1. The molecule has 0 aliphatic heterocycles. The third-order valence-corrected chi connectivity index (χ3v) is 6.01. The number of amides is 1. The Morgan fingerprint density at radius 3 is 2.54 bits per heavy atom. The average molecular weight is 468 g/mol. The predicted octanol–water partition coefficient (Wildman–Crippen LogP) is 3.67. The summed E-state index contributed by atoms with van der Waals surface area (Å²) in [6, 6.07) is 17.3. The second kappa shape index (κ2) is 9.79. The molecule has 176 valence electrons. The SMILES string of the molecule is N#Cc1ccc(NC(=O)c2cnc3c(Nc4ccccc4)cc(N[C@H]4CC[C@H](N)CC4)nn23)nc1. The molecular weight excluding hydrogens is 442 g/mol. The topological polar surface area (TPSA) is 146 Å². The fourth-order valence-electron chi connectivity index (χ4n) is 4.15. The maximum Gasteiger partial charge on any atom is 0.277 e. The van der Waals surface area contributed by atoms with Crippen molar-refractivity contribution in [3.8, 4) is 6.07 Å². The molecule has 0 spiro atoms. The first-order valence-electron chi connectivity index (χ1n) is 11.5. The van der Waals surface area contributed by atoms with Gasteiger partial charge in [0.05, 0.1) is 17.4 Å². The molecule has 35 heavy (non-hydrogen) atoms. The van der Waals surface area contributed by atoms with Crippen molar-refractivity contribution < 1.29 is 4.79 Å². The summed E-state index contributed by atoms with van der Waals surface area (Å²) in [7, 11) is 0. The lowest BCUT2D eigenvalue weighted by Gasteiger charge is -2.27. The molecule has 0 bridgehead atoms. The molecule has 1 aromatic carbocycles. The molecule has 3 heterocycles. The molecule has 1 fully saturated rings. The molecule has 0 unspecified atom stereocenters. The van der Waals surface area contributed by atoms with Gasteiger partial charge in [0.2, 0.25) is 0 Å². The maximum absolute atomic E-state index is 13.1. The number of carbonyl (C=O) groups is 1. The fourth-order valence-corrected chi connectivity index (χ4v) is 4.15.